The molecule has 1 heterocycles. The van der Waals surface area contributed by atoms with Crippen molar-refractivity contribution in [2.75, 3.05) is 23.8 Å². The molecule has 1 aromatic rings. The van der Waals surface area contributed by atoms with E-state index in [0.29, 0.717) is 24.2 Å². The molecular weight excluding hydrogens is 396 g/mol. The van der Waals surface area contributed by atoms with E-state index in [1.54, 1.807) is 0 Å². The third kappa shape index (κ3) is 7.02. The predicted molar refractivity (Wildman–Crippen MR) is 109 cm³/mol. The monoisotopic (exact) mass is 427 g/mol. The number of ether oxygens (including phenoxy) is 1. The molecule has 0 bridgehead atoms. The molecule has 2 aliphatic rings. The number of halogens is 2. The molecule has 10 heteroatoms. The van der Waals surface area contributed by atoms with E-state index in [1.807, 2.05) is 0 Å². The Kier molecular flexibility index (Phi) is 8.56. The first kappa shape index (κ1) is 22.6. The molecule has 1 amide bonds. The van der Waals surface area contributed by atoms with Crippen LogP contribution in [0.4, 0.5) is 20.5 Å². The summed E-state index contributed by atoms with van der Waals surface area (Å²) in [6, 6.07) is 0.257. The fourth-order valence-electron chi connectivity index (χ4n) is 3.98. The maximum Gasteiger partial charge on any atom is 0.345 e. The van der Waals surface area contributed by atoms with Crippen LogP contribution in [-0.4, -0.2) is 58.9 Å². The first-order valence-electron chi connectivity index (χ1n) is 10.8. The predicted octanol–water partition coefficient (Wildman–Crippen LogP) is 2.91. The number of hydrogen-bond donors (Lipinski definition) is 4. The molecule has 4 N–H and O–H groups in total. The lowest BCUT2D eigenvalue weighted by Crippen LogP contribution is -2.37. The van der Waals surface area contributed by atoms with Crippen LogP contribution >= 0.6 is 0 Å². The second kappa shape index (κ2) is 11.4. The van der Waals surface area contributed by atoms with Gasteiger partial charge < -0.3 is 25.8 Å². The van der Waals surface area contributed by atoms with E-state index in [-0.39, 0.29) is 43.2 Å². The number of anilines is 2. The minimum atomic E-state index is -2.82. The zero-order valence-corrected chi connectivity index (χ0v) is 17.1. The standard InChI is InChI=1S/C20H31F2N5O3/c21-19(22)30-11-10-23-20-24-12-16(18(29)26-13-4-2-1-3-5-13)17(27-20)25-14-6-8-15(28)9-7-14/h12-15,19,28H,1-11H2,(H,26,29)(H2,23,24,25,27). The van der Waals surface area contributed by atoms with Crippen molar-refractivity contribution in [3.05, 3.63) is 11.8 Å². The minimum Gasteiger partial charge on any atom is -0.393 e. The molecule has 2 aliphatic carbocycles. The van der Waals surface area contributed by atoms with Crippen LogP contribution in [0.25, 0.3) is 0 Å². The van der Waals surface area contributed by atoms with Crippen molar-refractivity contribution in [1.29, 1.82) is 0 Å². The fourth-order valence-corrected chi connectivity index (χ4v) is 3.98. The first-order valence-corrected chi connectivity index (χ1v) is 10.8. The Morgan fingerprint density at radius 1 is 1.13 bits per heavy atom. The lowest BCUT2D eigenvalue weighted by Gasteiger charge is -2.28. The van der Waals surface area contributed by atoms with Gasteiger partial charge in [0.25, 0.3) is 5.91 Å². The normalized spacial score (nSPS) is 22.7. The molecule has 0 unspecified atom stereocenters. The number of carbonyl (C=O) groups is 1. The van der Waals surface area contributed by atoms with Crippen molar-refractivity contribution in [2.45, 2.75) is 82.6 Å². The summed E-state index contributed by atoms with van der Waals surface area (Å²) in [5.74, 6) is 0.435. The summed E-state index contributed by atoms with van der Waals surface area (Å²) in [6.45, 7) is -2.89. The summed E-state index contributed by atoms with van der Waals surface area (Å²) >= 11 is 0. The van der Waals surface area contributed by atoms with E-state index in [9.17, 15) is 18.7 Å². The molecule has 2 saturated carbocycles. The van der Waals surface area contributed by atoms with Gasteiger partial charge in [0.05, 0.1) is 12.7 Å². The quantitative estimate of drug-likeness (QED) is 0.449. The third-order valence-electron chi connectivity index (χ3n) is 5.64. The van der Waals surface area contributed by atoms with Crippen LogP contribution in [0.15, 0.2) is 6.20 Å². The number of hydrogen-bond acceptors (Lipinski definition) is 7. The first-order chi connectivity index (χ1) is 14.5. The van der Waals surface area contributed by atoms with E-state index in [2.05, 4.69) is 30.7 Å². The number of alkyl halides is 2. The molecule has 0 aliphatic heterocycles. The zero-order chi connectivity index (χ0) is 21.3. The average Bonchev–Trinajstić information content (AvgIpc) is 2.73. The van der Waals surface area contributed by atoms with Crippen molar-refractivity contribution >= 4 is 17.7 Å². The Hall–Kier alpha value is -2.07. The number of nitrogens with one attached hydrogen (secondary N) is 3. The molecule has 0 radical (unpaired) electrons. The van der Waals surface area contributed by atoms with Gasteiger partial charge in [0.1, 0.15) is 11.4 Å². The maximum absolute atomic E-state index is 12.9. The Bertz CT molecular complexity index is 680. The third-order valence-corrected chi connectivity index (χ3v) is 5.64. The Labute approximate surface area is 175 Å². The average molecular weight is 427 g/mol. The summed E-state index contributed by atoms with van der Waals surface area (Å²) in [7, 11) is 0. The zero-order valence-electron chi connectivity index (χ0n) is 17.1. The van der Waals surface area contributed by atoms with E-state index < -0.39 is 6.61 Å². The van der Waals surface area contributed by atoms with E-state index in [1.165, 1.54) is 12.6 Å². The molecule has 1 aromatic heterocycles. The Morgan fingerprint density at radius 2 is 1.87 bits per heavy atom. The second-order valence-corrected chi connectivity index (χ2v) is 7.97. The molecule has 0 saturated heterocycles. The number of aromatic nitrogens is 2. The Morgan fingerprint density at radius 3 is 2.57 bits per heavy atom. The highest BCUT2D eigenvalue weighted by atomic mass is 19.3. The van der Waals surface area contributed by atoms with Crippen LogP contribution in [0.5, 0.6) is 0 Å². The van der Waals surface area contributed by atoms with Crippen molar-refractivity contribution < 1.29 is 23.4 Å². The van der Waals surface area contributed by atoms with Crippen molar-refractivity contribution in [1.82, 2.24) is 15.3 Å². The molecule has 8 nitrogen and oxygen atoms in total. The largest absolute Gasteiger partial charge is 0.393 e. The summed E-state index contributed by atoms with van der Waals surface area (Å²) in [4.78, 5) is 21.5. The van der Waals surface area contributed by atoms with Gasteiger partial charge >= 0.3 is 6.61 Å². The summed E-state index contributed by atoms with van der Waals surface area (Å²) < 4.78 is 28.4. The van der Waals surface area contributed by atoms with E-state index >= 15 is 0 Å². The van der Waals surface area contributed by atoms with Gasteiger partial charge in [0, 0.05) is 24.8 Å². The molecule has 30 heavy (non-hydrogen) atoms. The van der Waals surface area contributed by atoms with Crippen LogP contribution in [0, 0.1) is 0 Å². The second-order valence-electron chi connectivity index (χ2n) is 7.97. The van der Waals surface area contributed by atoms with Gasteiger partial charge in [0.2, 0.25) is 5.95 Å². The molecule has 3 rings (SSSR count). The fraction of sp³-hybridized carbons (Fsp3) is 0.750. The summed E-state index contributed by atoms with van der Waals surface area (Å²) in [5, 5.41) is 19.0. The Balaban J connectivity index is 1.68. The smallest absolute Gasteiger partial charge is 0.345 e. The topological polar surface area (TPSA) is 108 Å². The highest BCUT2D eigenvalue weighted by Gasteiger charge is 2.24. The van der Waals surface area contributed by atoms with Gasteiger partial charge in [-0.1, -0.05) is 19.3 Å². The minimum absolute atomic E-state index is 0.0968. The van der Waals surface area contributed by atoms with Gasteiger partial charge in [-0.3, -0.25) is 4.79 Å². The van der Waals surface area contributed by atoms with Gasteiger partial charge in [-0.25, -0.2) is 4.98 Å². The lowest BCUT2D eigenvalue weighted by atomic mass is 9.93. The van der Waals surface area contributed by atoms with Crippen LogP contribution < -0.4 is 16.0 Å². The number of aliphatic hydroxyl groups excluding tert-OH is 1. The van der Waals surface area contributed by atoms with E-state index in [4.69, 9.17) is 0 Å². The highest BCUT2D eigenvalue weighted by molar-refractivity contribution is 5.98. The number of aliphatic hydroxyl groups is 1. The van der Waals surface area contributed by atoms with E-state index in [0.717, 1.165) is 38.5 Å². The van der Waals surface area contributed by atoms with Gasteiger partial charge in [0.15, 0.2) is 0 Å². The molecule has 2 fully saturated rings. The van der Waals surface area contributed by atoms with Crippen LogP contribution in [-0.2, 0) is 4.74 Å². The van der Waals surface area contributed by atoms with Crippen LogP contribution in [0.2, 0.25) is 0 Å². The SMILES string of the molecule is O=C(NC1CCCCC1)c1cnc(NCCOC(F)F)nc1NC1CCC(O)CC1. The summed E-state index contributed by atoms with van der Waals surface area (Å²) in [5.41, 5.74) is 0.362. The molecular formula is C20H31F2N5O3. The molecule has 0 spiro atoms. The number of amides is 1. The van der Waals surface area contributed by atoms with Crippen LogP contribution in [0.1, 0.15) is 68.1 Å². The van der Waals surface area contributed by atoms with Crippen molar-refractivity contribution in [2.24, 2.45) is 0 Å². The summed E-state index contributed by atoms with van der Waals surface area (Å²) in [6.07, 6.45) is 9.49. The maximum atomic E-state index is 12.9. The molecule has 0 atom stereocenters. The number of nitrogens with zero attached hydrogens (tertiary/aromatic N) is 2. The lowest BCUT2D eigenvalue weighted by molar-refractivity contribution is -0.125. The highest BCUT2D eigenvalue weighted by Crippen LogP contribution is 2.24. The molecule has 0 aromatic carbocycles. The van der Waals surface area contributed by atoms with Crippen molar-refractivity contribution in [3.63, 3.8) is 0 Å². The van der Waals surface area contributed by atoms with Gasteiger partial charge in [-0.05, 0) is 38.5 Å². The van der Waals surface area contributed by atoms with Crippen molar-refractivity contribution in [3.8, 4) is 0 Å². The number of carbonyl (C=O) groups excluding carboxylic acids is 1. The number of rotatable bonds is 9. The van der Waals surface area contributed by atoms with Crippen LogP contribution in [0.3, 0.4) is 0 Å². The van der Waals surface area contributed by atoms with Gasteiger partial charge in [-0.15, -0.1) is 0 Å². The van der Waals surface area contributed by atoms with Gasteiger partial charge in [-0.2, -0.15) is 13.8 Å². The molecule has 168 valence electrons.